The number of carbonyl (C=O) groups is 1. The molecular formula is C74H137NO3. The van der Waals surface area contributed by atoms with Crippen LogP contribution < -0.4 is 5.32 Å². The highest BCUT2D eigenvalue weighted by Crippen LogP contribution is 2.19. The number of aliphatic hydroxyl groups excluding tert-OH is 2. The fourth-order valence-electron chi connectivity index (χ4n) is 10.9. The molecule has 0 fully saturated rings. The number of unbranched alkanes of at least 4 members (excludes halogenated alkanes) is 48. The van der Waals surface area contributed by atoms with Gasteiger partial charge in [-0.25, -0.2) is 0 Å². The zero-order valence-corrected chi connectivity index (χ0v) is 52.7. The van der Waals surface area contributed by atoms with E-state index >= 15 is 0 Å². The molecule has 0 saturated carbocycles. The van der Waals surface area contributed by atoms with E-state index in [1.165, 1.54) is 295 Å². The number of allylic oxidation sites excluding steroid dienone is 11. The maximum absolute atomic E-state index is 12.5. The molecule has 78 heavy (non-hydrogen) atoms. The van der Waals surface area contributed by atoms with E-state index in [-0.39, 0.29) is 12.5 Å². The van der Waals surface area contributed by atoms with E-state index in [9.17, 15) is 15.0 Å². The van der Waals surface area contributed by atoms with Gasteiger partial charge >= 0.3 is 0 Å². The van der Waals surface area contributed by atoms with Crippen LogP contribution >= 0.6 is 0 Å². The van der Waals surface area contributed by atoms with Crippen LogP contribution in [-0.2, 0) is 4.79 Å². The van der Waals surface area contributed by atoms with Gasteiger partial charge in [0.25, 0.3) is 0 Å². The summed E-state index contributed by atoms with van der Waals surface area (Å²) in [7, 11) is 0. The largest absolute Gasteiger partial charge is 0.394 e. The second-order valence-electron chi connectivity index (χ2n) is 23.9. The fourth-order valence-corrected chi connectivity index (χ4v) is 10.9. The van der Waals surface area contributed by atoms with Gasteiger partial charge in [-0.15, -0.1) is 0 Å². The highest BCUT2D eigenvalue weighted by Gasteiger charge is 2.18. The molecule has 0 aliphatic carbocycles. The first kappa shape index (κ1) is 75.8. The number of amides is 1. The number of nitrogens with one attached hydrogen (secondary N) is 1. The predicted molar refractivity (Wildman–Crippen MR) is 350 cm³/mol. The van der Waals surface area contributed by atoms with Gasteiger partial charge in [0, 0.05) is 6.42 Å². The van der Waals surface area contributed by atoms with Crippen molar-refractivity contribution in [3.63, 3.8) is 0 Å². The topological polar surface area (TPSA) is 69.6 Å². The fraction of sp³-hybridized carbons (Fsp3) is 0.824. The first-order chi connectivity index (χ1) is 38.7. The van der Waals surface area contributed by atoms with Crippen LogP contribution in [0.4, 0.5) is 0 Å². The average molecular weight is 1090 g/mol. The van der Waals surface area contributed by atoms with Crippen LogP contribution in [0.15, 0.2) is 72.9 Å². The highest BCUT2D eigenvalue weighted by molar-refractivity contribution is 5.76. The molecule has 0 rings (SSSR count). The van der Waals surface area contributed by atoms with E-state index in [2.05, 4.69) is 79.9 Å². The van der Waals surface area contributed by atoms with Crippen LogP contribution in [0.5, 0.6) is 0 Å². The standard InChI is InChI=1S/C74H137NO3/c1-3-5-7-9-11-13-15-17-19-21-23-25-27-29-31-33-35-36-37-38-40-42-44-46-48-50-52-54-56-58-60-62-64-66-68-70-74(78)75-72(71-76)73(77)69-67-65-63-61-59-57-55-53-51-49-47-45-43-41-39-34-32-30-28-26-24-22-20-18-16-14-12-10-8-6-4-2/h5,7,11,13,17,19,23,25,29,31,67,69,72-73,76-77H,3-4,6,8-10,12,14-16,18,20-22,24,26-28,30,32-66,68,70-71H2,1-2H3,(H,75,78)/b7-5-,13-11-,19-17-,25-23-,31-29-,69-67+. The van der Waals surface area contributed by atoms with Gasteiger partial charge in [0.2, 0.25) is 5.91 Å². The molecule has 0 aliphatic rings. The second-order valence-corrected chi connectivity index (χ2v) is 23.9. The summed E-state index contributed by atoms with van der Waals surface area (Å²) in [5, 5.41) is 23.3. The number of rotatable bonds is 65. The molecule has 2 atom stereocenters. The zero-order valence-electron chi connectivity index (χ0n) is 52.7. The number of hydrogen-bond donors (Lipinski definition) is 3. The van der Waals surface area contributed by atoms with Gasteiger partial charge in [-0.2, -0.15) is 0 Å². The molecule has 0 heterocycles. The number of carbonyl (C=O) groups excluding carboxylic acids is 1. The summed E-state index contributed by atoms with van der Waals surface area (Å²) in [4.78, 5) is 12.5. The van der Waals surface area contributed by atoms with Gasteiger partial charge < -0.3 is 15.5 Å². The Bertz CT molecular complexity index is 1330. The minimum atomic E-state index is -0.842. The highest BCUT2D eigenvalue weighted by atomic mass is 16.3. The van der Waals surface area contributed by atoms with Gasteiger partial charge in [-0.1, -0.05) is 376 Å². The van der Waals surface area contributed by atoms with Crippen LogP contribution in [0.3, 0.4) is 0 Å². The molecule has 1 amide bonds. The van der Waals surface area contributed by atoms with Gasteiger partial charge in [0.05, 0.1) is 18.8 Å². The molecule has 0 aromatic carbocycles. The lowest BCUT2D eigenvalue weighted by Crippen LogP contribution is -2.45. The lowest BCUT2D eigenvalue weighted by molar-refractivity contribution is -0.123. The molecule has 0 saturated heterocycles. The van der Waals surface area contributed by atoms with Gasteiger partial charge in [-0.05, 0) is 64.2 Å². The molecule has 0 spiro atoms. The third kappa shape index (κ3) is 64.6. The van der Waals surface area contributed by atoms with E-state index in [1.54, 1.807) is 6.08 Å². The maximum Gasteiger partial charge on any atom is 0.220 e. The zero-order chi connectivity index (χ0) is 56.2. The van der Waals surface area contributed by atoms with Crippen molar-refractivity contribution < 1.29 is 15.0 Å². The van der Waals surface area contributed by atoms with Crippen molar-refractivity contribution in [2.24, 2.45) is 0 Å². The minimum absolute atomic E-state index is 0.0585. The summed E-state index contributed by atoms with van der Waals surface area (Å²) in [5.74, 6) is -0.0585. The molecule has 0 bridgehead atoms. The molecule has 4 heteroatoms. The summed E-state index contributed by atoms with van der Waals surface area (Å²) in [6.45, 7) is 4.23. The minimum Gasteiger partial charge on any atom is -0.394 e. The quantitative estimate of drug-likeness (QED) is 0.0420. The SMILES string of the molecule is CC/C=C\C/C=C\C/C=C\C/C=C\C/C=C\CCCCCCCCCCCCCCCCCCCCCC(=O)NC(CO)C(O)/C=C/CCCCCCCCCCCCCCCCCCCCCCCCCCCCCCC. The molecule has 0 aliphatic heterocycles. The van der Waals surface area contributed by atoms with Crippen molar-refractivity contribution >= 4 is 5.91 Å². The first-order valence-corrected chi connectivity index (χ1v) is 35.2. The average Bonchev–Trinajstić information content (AvgIpc) is 3.44. The molecule has 3 N–H and O–H groups in total. The number of hydrogen-bond acceptors (Lipinski definition) is 3. The van der Waals surface area contributed by atoms with Gasteiger partial charge in [0.15, 0.2) is 0 Å². The van der Waals surface area contributed by atoms with Crippen molar-refractivity contribution in [1.29, 1.82) is 0 Å². The summed E-state index contributed by atoms with van der Waals surface area (Å²) in [6.07, 6.45) is 99.9. The van der Waals surface area contributed by atoms with Crippen LogP contribution in [0.2, 0.25) is 0 Å². The summed E-state index contributed by atoms with van der Waals surface area (Å²) in [6, 6.07) is -0.625. The van der Waals surface area contributed by atoms with E-state index in [1.807, 2.05) is 6.08 Å². The Hall–Kier alpha value is -2.17. The maximum atomic E-state index is 12.5. The van der Waals surface area contributed by atoms with Crippen LogP contribution in [0.1, 0.15) is 373 Å². The molecule has 0 aromatic heterocycles. The first-order valence-electron chi connectivity index (χ1n) is 35.2. The van der Waals surface area contributed by atoms with E-state index in [4.69, 9.17) is 0 Å². The van der Waals surface area contributed by atoms with Crippen molar-refractivity contribution in [3.8, 4) is 0 Å². The number of aliphatic hydroxyl groups is 2. The Balaban J connectivity index is 3.44. The lowest BCUT2D eigenvalue weighted by atomic mass is 10.0. The van der Waals surface area contributed by atoms with E-state index in [0.717, 1.165) is 57.8 Å². The second kappa shape index (κ2) is 69.1. The Morgan fingerprint density at radius 3 is 0.846 bits per heavy atom. The molecule has 0 aromatic rings. The van der Waals surface area contributed by atoms with Crippen LogP contribution in [0.25, 0.3) is 0 Å². The molecule has 2 unspecified atom stereocenters. The van der Waals surface area contributed by atoms with Gasteiger partial charge in [-0.3, -0.25) is 4.79 Å². The molecule has 0 radical (unpaired) electrons. The smallest absolute Gasteiger partial charge is 0.220 e. The monoisotopic (exact) mass is 1090 g/mol. The predicted octanol–water partition coefficient (Wildman–Crippen LogP) is 24.0. The van der Waals surface area contributed by atoms with Gasteiger partial charge in [0.1, 0.15) is 0 Å². The molecule has 4 nitrogen and oxygen atoms in total. The van der Waals surface area contributed by atoms with Crippen molar-refractivity contribution in [1.82, 2.24) is 5.32 Å². The van der Waals surface area contributed by atoms with Crippen molar-refractivity contribution in [2.75, 3.05) is 6.61 Å². The Morgan fingerprint density at radius 2 is 0.564 bits per heavy atom. The van der Waals surface area contributed by atoms with Crippen LogP contribution in [-0.4, -0.2) is 34.9 Å². The Morgan fingerprint density at radius 1 is 0.321 bits per heavy atom. The molecular weight excluding hydrogens is 951 g/mol. The Kier molecular flexibility index (Phi) is 67.2. The van der Waals surface area contributed by atoms with Crippen molar-refractivity contribution in [2.45, 2.75) is 386 Å². The normalized spacial score (nSPS) is 13.1. The lowest BCUT2D eigenvalue weighted by Gasteiger charge is -2.20. The summed E-state index contributed by atoms with van der Waals surface area (Å²) < 4.78 is 0. The summed E-state index contributed by atoms with van der Waals surface area (Å²) >= 11 is 0. The van der Waals surface area contributed by atoms with E-state index < -0.39 is 12.1 Å². The van der Waals surface area contributed by atoms with Crippen molar-refractivity contribution in [3.05, 3.63) is 72.9 Å². The van der Waals surface area contributed by atoms with E-state index in [0.29, 0.717) is 6.42 Å². The van der Waals surface area contributed by atoms with Crippen LogP contribution in [0, 0.1) is 0 Å². The summed E-state index contributed by atoms with van der Waals surface area (Å²) in [5.41, 5.74) is 0. The molecule has 456 valence electrons. The third-order valence-corrected chi connectivity index (χ3v) is 16.2. The Labute approximate surface area is 489 Å². The third-order valence-electron chi connectivity index (χ3n) is 16.2.